The van der Waals surface area contributed by atoms with E-state index in [1.807, 2.05) is 11.7 Å². The average Bonchev–Trinajstić information content (AvgIpc) is 2.82. The molecule has 0 saturated carbocycles. The summed E-state index contributed by atoms with van der Waals surface area (Å²) in [6.45, 7) is 4.97. The van der Waals surface area contributed by atoms with Crippen LogP contribution in [0.25, 0.3) is 0 Å². The fourth-order valence-electron chi connectivity index (χ4n) is 1.82. The van der Waals surface area contributed by atoms with Crippen molar-refractivity contribution in [3.63, 3.8) is 0 Å². The Labute approximate surface area is 105 Å². The van der Waals surface area contributed by atoms with Crippen LogP contribution in [0.1, 0.15) is 22.4 Å². The Hall–Kier alpha value is -1.49. The molecule has 2 aromatic heterocycles. The quantitative estimate of drug-likeness (QED) is 0.876. The van der Waals surface area contributed by atoms with E-state index in [0.29, 0.717) is 0 Å². The molecule has 0 aliphatic rings. The zero-order valence-corrected chi connectivity index (χ0v) is 11.3. The first kappa shape index (κ1) is 12.0. The number of anilines is 2. The molecule has 3 N–H and O–H groups in total. The fraction of sp³-hybridized carbons (Fsp3) is 0.417. The summed E-state index contributed by atoms with van der Waals surface area (Å²) in [5.74, 6) is 0.910. The van der Waals surface area contributed by atoms with E-state index in [2.05, 4.69) is 36.4 Å². The average molecular weight is 250 g/mol. The van der Waals surface area contributed by atoms with Crippen LogP contribution in [0.4, 0.5) is 11.5 Å². The van der Waals surface area contributed by atoms with E-state index in [1.165, 1.54) is 9.75 Å². The third kappa shape index (κ3) is 2.44. The molecule has 4 nitrogen and oxygen atoms in total. The molecule has 0 aliphatic carbocycles. The largest absolute Gasteiger partial charge is 0.394 e. The van der Waals surface area contributed by atoms with E-state index in [1.54, 1.807) is 11.3 Å². The van der Waals surface area contributed by atoms with Crippen molar-refractivity contribution in [3.8, 4) is 0 Å². The molecule has 92 valence electrons. The molecule has 0 spiro atoms. The summed E-state index contributed by atoms with van der Waals surface area (Å²) in [6.07, 6.45) is 0.861. The van der Waals surface area contributed by atoms with Crippen LogP contribution in [-0.4, -0.2) is 9.78 Å². The van der Waals surface area contributed by atoms with Gasteiger partial charge in [-0.05, 0) is 25.5 Å². The number of aryl methyl sites for hydroxylation is 3. The summed E-state index contributed by atoms with van der Waals surface area (Å²) in [4.78, 5) is 2.63. The summed E-state index contributed by atoms with van der Waals surface area (Å²) in [7, 11) is 1.91. The summed E-state index contributed by atoms with van der Waals surface area (Å²) < 4.78 is 1.81. The predicted octanol–water partition coefficient (Wildman–Crippen LogP) is 2.55. The van der Waals surface area contributed by atoms with E-state index >= 15 is 0 Å². The maximum Gasteiger partial charge on any atom is 0.148 e. The second-order valence-corrected chi connectivity index (χ2v) is 5.42. The normalized spacial score (nSPS) is 10.8. The number of rotatable bonds is 4. The zero-order chi connectivity index (χ0) is 12.4. The minimum absolute atomic E-state index is 0.767. The Kier molecular flexibility index (Phi) is 3.38. The molecular formula is C12H18N4S. The molecule has 0 unspecified atom stereocenters. The molecule has 2 rings (SSSR count). The monoisotopic (exact) mass is 250 g/mol. The Balaban J connectivity index is 2.11. The second-order valence-electron chi connectivity index (χ2n) is 4.05. The van der Waals surface area contributed by atoms with Gasteiger partial charge < -0.3 is 11.1 Å². The van der Waals surface area contributed by atoms with Crippen LogP contribution in [0, 0.1) is 6.92 Å². The van der Waals surface area contributed by atoms with Crippen molar-refractivity contribution in [2.24, 2.45) is 7.05 Å². The number of hydrogen-bond donors (Lipinski definition) is 2. The lowest BCUT2D eigenvalue weighted by Crippen LogP contribution is -2.05. The lowest BCUT2D eigenvalue weighted by molar-refractivity contribution is 0.748. The predicted molar refractivity (Wildman–Crippen MR) is 73.4 cm³/mol. The van der Waals surface area contributed by atoms with Crippen molar-refractivity contribution in [3.05, 3.63) is 27.6 Å². The summed E-state index contributed by atoms with van der Waals surface area (Å²) in [5, 5.41) is 7.73. The first-order chi connectivity index (χ1) is 8.11. The highest BCUT2D eigenvalue weighted by Gasteiger charge is 2.11. The van der Waals surface area contributed by atoms with Gasteiger partial charge in [0.15, 0.2) is 0 Å². The van der Waals surface area contributed by atoms with Gasteiger partial charge in [-0.15, -0.1) is 11.3 Å². The molecule has 0 aliphatic heterocycles. The second kappa shape index (κ2) is 4.79. The van der Waals surface area contributed by atoms with E-state index < -0.39 is 0 Å². The lowest BCUT2D eigenvalue weighted by atomic mass is 10.3. The summed E-state index contributed by atoms with van der Waals surface area (Å²) in [6, 6.07) is 4.27. The molecule has 2 heterocycles. The summed E-state index contributed by atoms with van der Waals surface area (Å²) >= 11 is 1.80. The summed E-state index contributed by atoms with van der Waals surface area (Å²) in [5.41, 5.74) is 7.76. The third-order valence-corrected chi connectivity index (χ3v) is 3.72. The lowest BCUT2D eigenvalue weighted by Gasteiger charge is -2.06. The number of nitrogen functional groups attached to an aromatic ring is 1. The van der Waals surface area contributed by atoms with Crippen LogP contribution in [0.5, 0.6) is 0 Å². The van der Waals surface area contributed by atoms with Crippen molar-refractivity contribution in [2.45, 2.75) is 26.8 Å². The topological polar surface area (TPSA) is 55.9 Å². The van der Waals surface area contributed by atoms with Crippen LogP contribution in [0.3, 0.4) is 0 Å². The van der Waals surface area contributed by atoms with Gasteiger partial charge in [0.05, 0.1) is 17.9 Å². The molecule has 0 amide bonds. The molecule has 0 atom stereocenters. The van der Waals surface area contributed by atoms with Crippen molar-refractivity contribution in [1.82, 2.24) is 9.78 Å². The van der Waals surface area contributed by atoms with Gasteiger partial charge in [-0.25, -0.2) is 0 Å². The van der Waals surface area contributed by atoms with Crippen molar-refractivity contribution >= 4 is 22.8 Å². The molecule has 2 aromatic rings. The molecule has 0 radical (unpaired) electrons. The van der Waals surface area contributed by atoms with Gasteiger partial charge in [-0.3, -0.25) is 4.68 Å². The van der Waals surface area contributed by atoms with Crippen molar-refractivity contribution < 1.29 is 0 Å². The SMILES string of the molecule is CCc1nn(C)c(NCc2ccc(C)s2)c1N. The molecule has 0 bridgehead atoms. The van der Waals surface area contributed by atoms with Crippen LogP contribution in [0.15, 0.2) is 12.1 Å². The highest BCUT2D eigenvalue weighted by Crippen LogP contribution is 2.24. The number of nitrogens with one attached hydrogen (secondary N) is 1. The van der Waals surface area contributed by atoms with Gasteiger partial charge in [0, 0.05) is 16.8 Å². The number of nitrogens with zero attached hydrogens (tertiary/aromatic N) is 2. The molecule has 0 aromatic carbocycles. The molecular weight excluding hydrogens is 232 g/mol. The fourth-order valence-corrected chi connectivity index (χ4v) is 2.65. The molecule has 5 heteroatoms. The standard InChI is InChI=1S/C12H18N4S/c1-4-10-11(13)12(16(3)15-10)14-7-9-6-5-8(2)17-9/h5-6,14H,4,7,13H2,1-3H3. The first-order valence-electron chi connectivity index (χ1n) is 5.72. The Bertz CT molecular complexity index is 513. The van der Waals surface area contributed by atoms with Crippen LogP contribution < -0.4 is 11.1 Å². The third-order valence-electron chi connectivity index (χ3n) is 2.72. The van der Waals surface area contributed by atoms with Gasteiger partial charge in [0.2, 0.25) is 0 Å². The van der Waals surface area contributed by atoms with E-state index in [-0.39, 0.29) is 0 Å². The van der Waals surface area contributed by atoms with Crippen molar-refractivity contribution in [2.75, 3.05) is 11.1 Å². The smallest absolute Gasteiger partial charge is 0.148 e. The molecule has 17 heavy (non-hydrogen) atoms. The van der Waals surface area contributed by atoms with Gasteiger partial charge in [-0.1, -0.05) is 6.92 Å². The number of aromatic nitrogens is 2. The first-order valence-corrected chi connectivity index (χ1v) is 6.54. The molecule has 0 fully saturated rings. The van der Waals surface area contributed by atoms with Crippen molar-refractivity contribution in [1.29, 1.82) is 0 Å². The minimum atomic E-state index is 0.767. The number of thiophene rings is 1. The van der Waals surface area contributed by atoms with Crippen LogP contribution in [0.2, 0.25) is 0 Å². The zero-order valence-electron chi connectivity index (χ0n) is 10.4. The maximum absolute atomic E-state index is 6.04. The number of hydrogen-bond acceptors (Lipinski definition) is 4. The van der Waals surface area contributed by atoms with Gasteiger partial charge in [0.25, 0.3) is 0 Å². The van der Waals surface area contributed by atoms with Gasteiger partial charge >= 0.3 is 0 Å². The van der Waals surface area contributed by atoms with Gasteiger partial charge in [-0.2, -0.15) is 5.10 Å². The Morgan fingerprint density at radius 2 is 2.24 bits per heavy atom. The highest BCUT2D eigenvalue weighted by molar-refractivity contribution is 7.11. The Morgan fingerprint density at radius 1 is 1.47 bits per heavy atom. The van der Waals surface area contributed by atoms with Gasteiger partial charge in [0.1, 0.15) is 5.82 Å². The molecule has 0 saturated heterocycles. The van der Waals surface area contributed by atoms with E-state index in [0.717, 1.165) is 30.2 Å². The number of nitrogens with two attached hydrogens (primary N) is 1. The minimum Gasteiger partial charge on any atom is -0.394 e. The highest BCUT2D eigenvalue weighted by atomic mass is 32.1. The van der Waals surface area contributed by atoms with Crippen LogP contribution in [-0.2, 0) is 20.0 Å². The van der Waals surface area contributed by atoms with E-state index in [9.17, 15) is 0 Å². The van der Waals surface area contributed by atoms with Crippen LogP contribution >= 0.6 is 11.3 Å². The van der Waals surface area contributed by atoms with E-state index in [4.69, 9.17) is 5.73 Å². The Morgan fingerprint density at radius 3 is 2.76 bits per heavy atom. The maximum atomic E-state index is 6.04.